The Labute approximate surface area is 208 Å². The van der Waals surface area contributed by atoms with E-state index in [0.717, 1.165) is 22.2 Å². The van der Waals surface area contributed by atoms with Gasteiger partial charge in [0.25, 0.3) is 11.5 Å². The summed E-state index contributed by atoms with van der Waals surface area (Å²) in [5.41, 5.74) is -4.21. The summed E-state index contributed by atoms with van der Waals surface area (Å²) in [6.45, 7) is 3.10. The first-order chi connectivity index (χ1) is 17.3. The van der Waals surface area contributed by atoms with Crippen molar-refractivity contribution in [2.24, 2.45) is 0 Å². The van der Waals surface area contributed by atoms with Gasteiger partial charge in [0, 0.05) is 31.9 Å². The molecule has 0 radical (unpaired) electrons. The summed E-state index contributed by atoms with van der Waals surface area (Å²) in [6.07, 6.45) is -9.13. The Hall–Kier alpha value is -3.46. The van der Waals surface area contributed by atoms with Crippen molar-refractivity contribution in [2.45, 2.75) is 25.8 Å². The predicted molar refractivity (Wildman–Crippen MR) is 122 cm³/mol. The summed E-state index contributed by atoms with van der Waals surface area (Å²) in [4.78, 5) is 44.8. The van der Waals surface area contributed by atoms with Gasteiger partial charge in [-0.25, -0.2) is 4.98 Å². The third kappa shape index (κ3) is 5.61. The molecule has 1 aromatic carbocycles. The molecule has 15 heteroatoms. The van der Waals surface area contributed by atoms with Crippen molar-refractivity contribution in [3.05, 3.63) is 56.4 Å². The summed E-state index contributed by atoms with van der Waals surface area (Å²) >= 11 is 1.03. The Bertz CT molecular complexity index is 1390. The van der Waals surface area contributed by atoms with Gasteiger partial charge in [0.1, 0.15) is 11.4 Å². The largest absolute Gasteiger partial charge is 0.416 e. The second-order valence-electron chi connectivity index (χ2n) is 8.30. The Morgan fingerprint density at radius 2 is 1.65 bits per heavy atom. The molecule has 37 heavy (non-hydrogen) atoms. The number of alkyl halides is 6. The van der Waals surface area contributed by atoms with Gasteiger partial charge in [-0.05, 0) is 30.7 Å². The minimum atomic E-state index is -5.08. The topological polar surface area (TPSA) is 96.3 Å². The lowest BCUT2D eigenvalue weighted by Gasteiger charge is -2.27. The molecule has 2 N–H and O–H groups in total. The van der Waals surface area contributed by atoms with Gasteiger partial charge < -0.3 is 15.5 Å². The summed E-state index contributed by atoms with van der Waals surface area (Å²) < 4.78 is 79.3. The summed E-state index contributed by atoms with van der Waals surface area (Å²) in [5, 5.41) is 5.22. The highest BCUT2D eigenvalue weighted by molar-refractivity contribution is 7.20. The number of nitrogens with zero attached hydrogens (tertiary/aromatic N) is 3. The molecule has 3 aromatic rings. The third-order valence-corrected chi connectivity index (χ3v) is 6.89. The number of benzene rings is 1. The van der Waals surface area contributed by atoms with Crippen LogP contribution in [0.2, 0.25) is 0 Å². The van der Waals surface area contributed by atoms with Crippen molar-refractivity contribution in [3.63, 3.8) is 0 Å². The van der Waals surface area contributed by atoms with Gasteiger partial charge in [-0.2, -0.15) is 26.3 Å². The molecule has 0 saturated carbocycles. The van der Waals surface area contributed by atoms with Gasteiger partial charge in [-0.3, -0.25) is 19.0 Å². The van der Waals surface area contributed by atoms with Crippen LogP contribution in [0.4, 0.5) is 32.0 Å². The van der Waals surface area contributed by atoms with Crippen LogP contribution in [0.15, 0.2) is 29.3 Å². The number of amides is 2. The maximum Gasteiger partial charge on any atom is 0.416 e. The van der Waals surface area contributed by atoms with Gasteiger partial charge >= 0.3 is 12.4 Å². The molecule has 2 amide bonds. The van der Waals surface area contributed by atoms with Crippen LogP contribution in [0, 0.1) is 6.92 Å². The number of carbonyl (C=O) groups is 2. The average Bonchev–Trinajstić information content (AvgIpc) is 3.16. The molecule has 4 rings (SSSR count). The molecule has 198 valence electrons. The number of thiophene rings is 1. The number of anilines is 1. The molecule has 1 aliphatic rings. The van der Waals surface area contributed by atoms with Crippen molar-refractivity contribution in [2.75, 3.05) is 31.5 Å². The first-order valence-electron chi connectivity index (χ1n) is 10.8. The van der Waals surface area contributed by atoms with Crippen LogP contribution in [0.3, 0.4) is 0 Å². The fourth-order valence-electron chi connectivity index (χ4n) is 3.87. The van der Waals surface area contributed by atoms with Crippen LogP contribution in [0.25, 0.3) is 10.2 Å². The molecule has 0 atom stereocenters. The standard InChI is InChI=1S/C22H19F6N5O3S/c1-11-16-18(37-17(11)20(36)32-4-2-29-3-5-32)30-10-33(19(16)35)9-15(34)31-14-7-12(21(23,24)25)6-13(8-14)22(26,27)28/h6-8,10,29H,2-5,9H2,1H3,(H,31,34). The molecule has 8 nitrogen and oxygen atoms in total. The number of hydrogen-bond donors (Lipinski definition) is 2. The lowest BCUT2D eigenvalue weighted by atomic mass is 10.1. The maximum atomic E-state index is 13.1. The number of piperazine rings is 1. The highest BCUT2D eigenvalue weighted by Crippen LogP contribution is 2.37. The van der Waals surface area contributed by atoms with Gasteiger partial charge in [0.15, 0.2) is 0 Å². The number of aromatic nitrogens is 2. The smallest absolute Gasteiger partial charge is 0.335 e. The van der Waals surface area contributed by atoms with Crippen LogP contribution in [0.1, 0.15) is 26.4 Å². The second kappa shape index (κ2) is 9.78. The van der Waals surface area contributed by atoms with Crippen molar-refractivity contribution < 1.29 is 35.9 Å². The molecule has 1 fully saturated rings. The van der Waals surface area contributed by atoms with Crippen LogP contribution in [-0.4, -0.2) is 52.4 Å². The Kier molecular flexibility index (Phi) is 7.03. The predicted octanol–water partition coefficient (Wildman–Crippen LogP) is 3.49. The van der Waals surface area contributed by atoms with Crippen molar-refractivity contribution in [3.8, 4) is 0 Å². The number of nitrogens with one attached hydrogen (secondary N) is 2. The first-order valence-corrected chi connectivity index (χ1v) is 11.6. The fraction of sp³-hybridized carbons (Fsp3) is 0.364. The van der Waals surface area contributed by atoms with E-state index in [0.29, 0.717) is 48.8 Å². The van der Waals surface area contributed by atoms with E-state index >= 15 is 0 Å². The van der Waals surface area contributed by atoms with E-state index in [2.05, 4.69) is 10.3 Å². The minimum Gasteiger partial charge on any atom is -0.335 e. The highest BCUT2D eigenvalue weighted by Gasteiger charge is 2.37. The van der Waals surface area contributed by atoms with Gasteiger partial charge in [-0.1, -0.05) is 0 Å². The van der Waals surface area contributed by atoms with Crippen LogP contribution < -0.4 is 16.2 Å². The molecule has 0 unspecified atom stereocenters. The van der Waals surface area contributed by atoms with Crippen molar-refractivity contribution in [1.82, 2.24) is 19.8 Å². The Balaban J connectivity index is 1.60. The number of hydrogen-bond acceptors (Lipinski definition) is 6. The molecule has 3 heterocycles. The zero-order valence-electron chi connectivity index (χ0n) is 19.1. The zero-order valence-corrected chi connectivity index (χ0v) is 19.9. The van der Waals surface area contributed by atoms with Crippen molar-refractivity contribution >= 4 is 39.1 Å². The molecule has 2 aromatic heterocycles. The number of aryl methyl sites for hydroxylation is 1. The number of rotatable bonds is 4. The van der Waals surface area contributed by atoms with E-state index in [9.17, 15) is 40.7 Å². The van der Waals surface area contributed by atoms with Gasteiger partial charge in [0.05, 0.1) is 27.7 Å². The van der Waals surface area contributed by atoms with E-state index in [4.69, 9.17) is 0 Å². The number of fused-ring (bicyclic) bond motifs is 1. The second-order valence-corrected chi connectivity index (χ2v) is 9.30. The summed E-state index contributed by atoms with van der Waals surface area (Å²) in [7, 11) is 0. The maximum absolute atomic E-state index is 13.1. The quantitative estimate of drug-likeness (QED) is 0.488. The SMILES string of the molecule is Cc1c(C(=O)N2CCNCC2)sc2ncn(CC(=O)Nc3cc(C(F)(F)F)cc(C(F)(F)F)c3)c(=O)c12. The summed E-state index contributed by atoms with van der Waals surface area (Å²) in [5.74, 6) is -1.29. The van der Waals surface area contributed by atoms with Crippen LogP contribution in [0.5, 0.6) is 0 Å². The Morgan fingerprint density at radius 3 is 2.22 bits per heavy atom. The number of carbonyl (C=O) groups excluding carboxylic acids is 2. The molecular weight excluding hydrogens is 528 g/mol. The van der Waals surface area contributed by atoms with Crippen LogP contribution >= 0.6 is 11.3 Å². The molecule has 0 spiro atoms. The van der Waals surface area contributed by atoms with Gasteiger partial charge in [0.2, 0.25) is 5.91 Å². The third-order valence-electron chi connectivity index (χ3n) is 5.70. The van der Waals surface area contributed by atoms with Crippen molar-refractivity contribution in [1.29, 1.82) is 0 Å². The lowest BCUT2D eigenvalue weighted by molar-refractivity contribution is -0.143. The van der Waals surface area contributed by atoms with E-state index < -0.39 is 47.2 Å². The molecule has 1 saturated heterocycles. The fourth-order valence-corrected chi connectivity index (χ4v) is 4.98. The van der Waals surface area contributed by atoms with Crippen LogP contribution in [-0.2, 0) is 23.7 Å². The monoisotopic (exact) mass is 547 g/mol. The average molecular weight is 547 g/mol. The first kappa shape index (κ1) is 26.6. The highest BCUT2D eigenvalue weighted by atomic mass is 32.1. The van der Waals surface area contributed by atoms with Gasteiger partial charge in [-0.15, -0.1) is 11.3 Å². The van der Waals surface area contributed by atoms with E-state index in [-0.39, 0.29) is 22.2 Å². The Morgan fingerprint density at radius 1 is 1.05 bits per heavy atom. The number of halogens is 6. The van der Waals surface area contributed by atoms with E-state index in [1.165, 1.54) is 0 Å². The van der Waals surface area contributed by atoms with E-state index in [1.807, 2.05) is 5.32 Å². The normalized spacial score (nSPS) is 14.7. The van der Waals surface area contributed by atoms with E-state index in [1.54, 1.807) is 11.8 Å². The molecular formula is C22H19F6N5O3S. The minimum absolute atomic E-state index is 0.0589. The molecule has 0 bridgehead atoms. The summed E-state index contributed by atoms with van der Waals surface area (Å²) in [6, 6.07) is 0.680. The molecule has 1 aliphatic heterocycles. The molecule has 0 aliphatic carbocycles. The lowest BCUT2D eigenvalue weighted by Crippen LogP contribution is -2.46. The zero-order chi connectivity index (χ0) is 27.1.